The van der Waals surface area contributed by atoms with E-state index in [1.165, 1.54) is 10.9 Å². The summed E-state index contributed by atoms with van der Waals surface area (Å²) in [7, 11) is 1.68. The summed E-state index contributed by atoms with van der Waals surface area (Å²) in [6.07, 6.45) is 4.53. The second-order valence-corrected chi connectivity index (χ2v) is 8.47. The van der Waals surface area contributed by atoms with Crippen molar-refractivity contribution in [2.24, 2.45) is 7.05 Å². The number of aromatic nitrogens is 4. The van der Waals surface area contributed by atoms with Gasteiger partial charge in [-0.3, -0.25) is 29.1 Å². The average molecular weight is 466 g/mol. The van der Waals surface area contributed by atoms with Crippen molar-refractivity contribution in [2.45, 2.75) is 39.7 Å². The number of nitrogens with one attached hydrogen (secondary N) is 1. The highest BCUT2D eigenvalue weighted by atomic mass is 16.6. The number of rotatable bonds is 6. The predicted molar refractivity (Wildman–Crippen MR) is 125 cm³/mol. The Morgan fingerprint density at radius 3 is 2.59 bits per heavy atom. The van der Waals surface area contributed by atoms with Gasteiger partial charge in [0.2, 0.25) is 0 Å². The smallest absolute Gasteiger partial charge is 0.312 e. The van der Waals surface area contributed by atoms with E-state index in [1.54, 1.807) is 48.7 Å². The molecule has 1 N–H and O–H groups in total. The molecule has 178 valence electrons. The SMILES string of the molecule is Cc1nn(Cc2cccc(C(=O)Nc3cnn(C)c3C(=O)N3CCCCC3)c2)c(C)c1[N+](=O)[O-]. The quantitative estimate of drug-likeness (QED) is 0.440. The molecule has 34 heavy (non-hydrogen) atoms. The van der Waals surface area contributed by atoms with Crippen LogP contribution in [0.1, 0.15) is 57.1 Å². The van der Waals surface area contributed by atoms with Crippen molar-refractivity contribution in [3.8, 4) is 0 Å². The number of carbonyl (C=O) groups is 2. The van der Waals surface area contributed by atoms with Gasteiger partial charge in [0.1, 0.15) is 17.1 Å². The number of benzene rings is 1. The van der Waals surface area contributed by atoms with Crippen LogP contribution in [-0.2, 0) is 13.6 Å². The van der Waals surface area contributed by atoms with Crippen molar-refractivity contribution in [3.05, 3.63) is 68.8 Å². The summed E-state index contributed by atoms with van der Waals surface area (Å²) in [6.45, 7) is 4.93. The Bertz CT molecular complexity index is 1250. The van der Waals surface area contributed by atoms with E-state index in [0.717, 1.165) is 24.8 Å². The highest BCUT2D eigenvalue weighted by Gasteiger charge is 2.26. The second kappa shape index (κ2) is 9.46. The number of hydrogen-bond donors (Lipinski definition) is 1. The molecule has 0 spiro atoms. The molecule has 1 aromatic carbocycles. The molecule has 0 radical (unpaired) electrons. The lowest BCUT2D eigenvalue weighted by atomic mass is 10.1. The van der Waals surface area contributed by atoms with Crippen LogP contribution < -0.4 is 5.32 Å². The van der Waals surface area contributed by atoms with E-state index in [9.17, 15) is 19.7 Å². The Kier molecular flexibility index (Phi) is 6.44. The third-order valence-electron chi connectivity index (χ3n) is 6.08. The monoisotopic (exact) mass is 465 g/mol. The van der Waals surface area contributed by atoms with Crippen molar-refractivity contribution in [1.29, 1.82) is 0 Å². The maximum absolute atomic E-state index is 13.0. The van der Waals surface area contributed by atoms with E-state index in [1.807, 2.05) is 6.07 Å². The fourth-order valence-electron chi connectivity index (χ4n) is 4.31. The Morgan fingerprint density at radius 2 is 1.91 bits per heavy atom. The third-order valence-corrected chi connectivity index (χ3v) is 6.08. The van der Waals surface area contributed by atoms with Gasteiger partial charge in [-0.05, 0) is 50.8 Å². The van der Waals surface area contributed by atoms with Gasteiger partial charge in [0.15, 0.2) is 0 Å². The zero-order chi connectivity index (χ0) is 24.4. The van der Waals surface area contributed by atoms with E-state index < -0.39 is 4.92 Å². The number of carbonyl (C=O) groups excluding carboxylic acids is 2. The van der Waals surface area contributed by atoms with Crippen LogP contribution in [0.15, 0.2) is 30.5 Å². The minimum atomic E-state index is -0.436. The van der Waals surface area contributed by atoms with Crippen LogP contribution in [0.3, 0.4) is 0 Å². The molecule has 2 aromatic heterocycles. The molecule has 0 saturated carbocycles. The van der Waals surface area contributed by atoms with Crippen LogP contribution in [0.5, 0.6) is 0 Å². The summed E-state index contributed by atoms with van der Waals surface area (Å²) in [4.78, 5) is 38.7. The summed E-state index contributed by atoms with van der Waals surface area (Å²) in [5.74, 6) is -0.517. The van der Waals surface area contributed by atoms with E-state index in [0.29, 0.717) is 41.4 Å². The molecule has 1 fully saturated rings. The fraction of sp³-hybridized carbons (Fsp3) is 0.391. The molecule has 3 heterocycles. The first kappa shape index (κ1) is 23.1. The molecule has 1 aliphatic rings. The lowest BCUT2D eigenvalue weighted by Gasteiger charge is -2.27. The van der Waals surface area contributed by atoms with Crippen molar-refractivity contribution < 1.29 is 14.5 Å². The first-order valence-corrected chi connectivity index (χ1v) is 11.2. The van der Waals surface area contributed by atoms with E-state index in [2.05, 4.69) is 15.5 Å². The highest BCUT2D eigenvalue weighted by Crippen LogP contribution is 2.23. The molecule has 0 unspecified atom stereocenters. The number of amides is 2. The minimum absolute atomic E-state index is 0.00335. The molecular weight excluding hydrogens is 438 g/mol. The number of aryl methyl sites for hydroxylation is 2. The van der Waals surface area contributed by atoms with Crippen LogP contribution in [0, 0.1) is 24.0 Å². The second-order valence-electron chi connectivity index (χ2n) is 8.47. The molecule has 1 aliphatic heterocycles. The van der Waals surface area contributed by atoms with Crippen LogP contribution in [0.4, 0.5) is 11.4 Å². The largest absolute Gasteiger partial charge is 0.337 e. The summed E-state index contributed by atoms with van der Waals surface area (Å²) >= 11 is 0. The van der Waals surface area contributed by atoms with E-state index in [4.69, 9.17) is 0 Å². The van der Waals surface area contributed by atoms with Crippen molar-refractivity contribution in [2.75, 3.05) is 18.4 Å². The lowest BCUT2D eigenvalue weighted by molar-refractivity contribution is -0.386. The first-order chi connectivity index (χ1) is 16.3. The van der Waals surface area contributed by atoms with Crippen molar-refractivity contribution in [3.63, 3.8) is 0 Å². The highest BCUT2D eigenvalue weighted by molar-refractivity contribution is 6.08. The van der Waals surface area contributed by atoms with Gasteiger partial charge in [0.25, 0.3) is 11.8 Å². The van der Waals surface area contributed by atoms with Crippen LogP contribution in [-0.4, -0.2) is 54.3 Å². The standard InChI is InChI=1S/C23H27N7O4/c1-15-20(30(33)34)16(2)29(26-15)14-17-8-7-9-18(12-17)22(31)25-19-13-24-27(3)21(19)23(32)28-10-5-4-6-11-28/h7-9,12-13H,4-6,10-11,14H2,1-3H3,(H,25,31). The van der Waals surface area contributed by atoms with Crippen molar-refractivity contribution >= 4 is 23.2 Å². The molecule has 0 aliphatic carbocycles. The first-order valence-electron chi connectivity index (χ1n) is 11.2. The Labute approximate surface area is 196 Å². The van der Waals surface area contributed by atoms with E-state index >= 15 is 0 Å². The van der Waals surface area contributed by atoms with Gasteiger partial charge >= 0.3 is 5.69 Å². The van der Waals surface area contributed by atoms with Gasteiger partial charge in [0, 0.05) is 25.7 Å². The Morgan fingerprint density at radius 1 is 1.18 bits per heavy atom. The molecule has 2 amide bonds. The minimum Gasteiger partial charge on any atom is -0.337 e. The number of anilines is 1. The van der Waals surface area contributed by atoms with Crippen LogP contribution in [0.25, 0.3) is 0 Å². The molecule has 0 atom stereocenters. The number of nitro groups is 1. The van der Waals surface area contributed by atoms with Crippen LogP contribution >= 0.6 is 0 Å². The van der Waals surface area contributed by atoms with Gasteiger partial charge in [-0.1, -0.05) is 12.1 Å². The molecule has 4 rings (SSSR count). The predicted octanol–water partition coefficient (Wildman–Crippen LogP) is 3.07. The van der Waals surface area contributed by atoms with Gasteiger partial charge in [-0.2, -0.15) is 10.2 Å². The van der Waals surface area contributed by atoms with Gasteiger partial charge in [-0.15, -0.1) is 0 Å². The Hall–Kier alpha value is -4.02. The van der Waals surface area contributed by atoms with Gasteiger partial charge < -0.3 is 10.2 Å². The maximum atomic E-state index is 13.0. The number of hydrogen-bond acceptors (Lipinski definition) is 6. The summed E-state index contributed by atoms with van der Waals surface area (Å²) in [6, 6.07) is 6.95. The summed E-state index contributed by atoms with van der Waals surface area (Å²) in [5, 5.41) is 22.5. The Balaban J connectivity index is 1.52. The van der Waals surface area contributed by atoms with Crippen LogP contribution in [0.2, 0.25) is 0 Å². The van der Waals surface area contributed by atoms with E-state index in [-0.39, 0.29) is 24.0 Å². The van der Waals surface area contributed by atoms with Gasteiger partial charge in [-0.25, -0.2) is 0 Å². The normalized spacial score (nSPS) is 13.7. The molecular formula is C23H27N7O4. The topological polar surface area (TPSA) is 128 Å². The zero-order valence-corrected chi connectivity index (χ0v) is 19.4. The zero-order valence-electron chi connectivity index (χ0n) is 19.4. The average Bonchev–Trinajstić information content (AvgIpc) is 3.31. The lowest BCUT2D eigenvalue weighted by Crippen LogP contribution is -2.37. The summed E-state index contributed by atoms with van der Waals surface area (Å²) < 4.78 is 3.04. The molecule has 3 aromatic rings. The fourth-order valence-corrected chi connectivity index (χ4v) is 4.31. The van der Waals surface area contributed by atoms with Gasteiger partial charge in [0.05, 0.1) is 23.4 Å². The molecule has 11 nitrogen and oxygen atoms in total. The summed E-state index contributed by atoms with van der Waals surface area (Å²) in [5.41, 5.74) is 2.67. The molecule has 1 saturated heterocycles. The molecule has 0 bridgehead atoms. The third kappa shape index (κ3) is 4.54. The molecule has 11 heteroatoms. The maximum Gasteiger partial charge on any atom is 0.312 e. The number of likely N-dealkylation sites (tertiary alicyclic amines) is 1. The number of nitrogens with zero attached hydrogens (tertiary/aromatic N) is 6. The van der Waals surface area contributed by atoms with Crippen molar-refractivity contribution in [1.82, 2.24) is 24.5 Å². The number of piperidine rings is 1.